The summed E-state index contributed by atoms with van der Waals surface area (Å²) in [4.78, 5) is 14.1. The fourth-order valence-electron chi connectivity index (χ4n) is 3.62. The summed E-state index contributed by atoms with van der Waals surface area (Å²) in [5, 5.41) is 3.06. The molecule has 26 heavy (non-hydrogen) atoms. The van der Waals surface area contributed by atoms with Gasteiger partial charge in [-0.15, -0.1) is 11.3 Å². The first-order chi connectivity index (χ1) is 12.6. The zero-order chi connectivity index (χ0) is 18.1. The van der Waals surface area contributed by atoms with E-state index in [0.29, 0.717) is 13.1 Å². The highest BCUT2D eigenvalue weighted by atomic mass is 32.1. The number of nitrogens with one attached hydrogen (secondary N) is 1. The average Bonchev–Trinajstić information content (AvgIpc) is 3.31. The monoisotopic (exact) mass is 368 g/mol. The van der Waals surface area contributed by atoms with E-state index in [1.54, 1.807) is 11.3 Å². The Morgan fingerprint density at radius 1 is 1.31 bits per heavy atom. The summed E-state index contributed by atoms with van der Waals surface area (Å²) in [5.74, 6) is -0.0193. The Kier molecular flexibility index (Phi) is 4.83. The summed E-state index contributed by atoms with van der Waals surface area (Å²) in [7, 11) is 0. The van der Waals surface area contributed by atoms with Gasteiger partial charge in [-0.05, 0) is 44.4 Å². The van der Waals surface area contributed by atoms with E-state index in [4.69, 9.17) is 4.74 Å². The van der Waals surface area contributed by atoms with E-state index >= 15 is 0 Å². The van der Waals surface area contributed by atoms with Gasteiger partial charge >= 0.3 is 0 Å². The highest BCUT2D eigenvalue weighted by molar-refractivity contribution is 7.19. The van der Waals surface area contributed by atoms with Gasteiger partial charge in [0.2, 0.25) is 0 Å². The standard InChI is InChI=1S/C21H24N2O2S/c1-14-5-3-6-16(9-14)13-23-18-10-15(2)26-20(18)11-19(23)21(24)22-12-17-7-4-8-25-17/h3,5-6,9-11,17H,4,7-8,12-13H2,1-2H3,(H,22,24). The molecule has 136 valence electrons. The van der Waals surface area contributed by atoms with Crippen LogP contribution in [0.2, 0.25) is 0 Å². The zero-order valence-electron chi connectivity index (χ0n) is 15.2. The summed E-state index contributed by atoms with van der Waals surface area (Å²) >= 11 is 1.74. The Morgan fingerprint density at radius 2 is 2.19 bits per heavy atom. The van der Waals surface area contributed by atoms with Gasteiger partial charge in [-0.25, -0.2) is 0 Å². The molecule has 1 aliphatic heterocycles. The van der Waals surface area contributed by atoms with Gasteiger partial charge in [-0.1, -0.05) is 29.8 Å². The molecule has 4 nitrogen and oxygen atoms in total. The lowest BCUT2D eigenvalue weighted by Crippen LogP contribution is -2.33. The molecule has 0 bridgehead atoms. The number of benzene rings is 1. The van der Waals surface area contributed by atoms with Crippen LogP contribution < -0.4 is 5.32 Å². The van der Waals surface area contributed by atoms with Crippen LogP contribution in [0.5, 0.6) is 0 Å². The van der Waals surface area contributed by atoms with Crippen molar-refractivity contribution in [3.05, 3.63) is 58.1 Å². The second kappa shape index (κ2) is 7.25. The summed E-state index contributed by atoms with van der Waals surface area (Å²) < 4.78 is 8.92. The van der Waals surface area contributed by atoms with Gasteiger partial charge in [0.05, 0.1) is 16.3 Å². The van der Waals surface area contributed by atoms with Crippen molar-refractivity contribution >= 4 is 27.5 Å². The van der Waals surface area contributed by atoms with Crippen LogP contribution in [0, 0.1) is 13.8 Å². The minimum Gasteiger partial charge on any atom is -0.376 e. The molecule has 2 aromatic heterocycles. The Hall–Kier alpha value is -2.11. The molecule has 1 fully saturated rings. The Balaban J connectivity index is 1.62. The quantitative estimate of drug-likeness (QED) is 0.731. The zero-order valence-corrected chi connectivity index (χ0v) is 16.1. The minimum absolute atomic E-state index is 0.0193. The number of hydrogen-bond acceptors (Lipinski definition) is 3. The number of aryl methyl sites for hydroxylation is 2. The van der Waals surface area contributed by atoms with Gasteiger partial charge in [0.1, 0.15) is 5.69 Å². The van der Waals surface area contributed by atoms with Gasteiger partial charge in [-0.2, -0.15) is 0 Å². The molecular weight excluding hydrogens is 344 g/mol. The third-order valence-electron chi connectivity index (χ3n) is 4.88. The number of rotatable bonds is 5. The van der Waals surface area contributed by atoms with E-state index in [9.17, 15) is 4.79 Å². The molecule has 5 heteroatoms. The van der Waals surface area contributed by atoms with E-state index in [2.05, 4.69) is 54.1 Å². The van der Waals surface area contributed by atoms with Crippen LogP contribution in [0.1, 0.15) is 39.3 Å². The third-order valence-corrected chi connectivity index (χ3v) is 5.87. The van der Waals surface area contributed by atoms with Crippen LogP contribution >= 0.6 is 11.3 Å². The predicted molar refractivity (Wildman–Crippen MR) is 106 cm³/mol. The van der Waals surface area contributed by atoms with Gasteiger partial charge < -0.3 is 14.6 Å². The number of carbonyl (C=O) groups excluding carboxylic acids is 1. The van der Waals surface area contributed by atoms with Crippen LogP contribution in [0.15, 0.2) is 36.4 Å². The Bertz CT molecular complexity index is 935. The smallest absolute Gasteiger partial charge is 0.268 e. The van der Waals surface area contributed by atoms with E-state index in [1.165, 1.54) is 16.0 Å². The molecule has 3 aromatic rings. The van der Waals surface area contributed by atoms with Crippen LogP contribution in [-0.2, 0) is 11.3 Å². The van der Waals surface area contributed by atoms with Crippen LogP contribution in [0.3, 0.4) is 0 Å². The maximum absolute atomic E-state index is 12.8. The molecule has 1 aliphatic rings. The van der Waals surface area contributed by atoms with Crippen LogP contribution in [0.4, 0.5) is 0 Å². The molecule has 1 aromatic carbocycles. The van der Waals surface area contributed by atoms with Gasteiger partial charge in [0, 0.05) is 24.6 Å². The van der Waals surface area contributed by atoms with Crippen molar-refractivity contribution in [2.24, 2.45) is 0 Å². The molecule has 0 radical (unpaired) electrons. The second-order valence-electron chi connectivity index (χ2n) is 7.06. The molecule has 0 saturated carbocycles. The summed E-state index contributed by atoms with van der Waals surface area (Å²) in [5.41, 5.74) is 4.30. The fraction of sp³-hybridized carbons (Fsp3) is 0.381. The van der Waals surface area contributed by atoms with E-state index in [-0.39, 0.29) is 12.0 Å². The highest BCUT2D eigenvalue weighted by Gasteiger charge is 2.20. The first-order valence-electron chi connectivity index (χ1n) is 9.15. The third kappa shape index (κ3) is 3.55. The highest BCUT2D eigenvalue weighted by Crippen LogP contribution is 2.29. The lowest BCUT2D eigenvalue weighted by molar-refractivity contribution is 0.0851. The van der Waals surface area contributed by atoms with Gasteiger partial charge in [0.25, 0.3) is 5.91 Å². The number of thiophene rings is 1. The number of ether oxygens (including phenoxy) is 1. The topological polar surface area (TPSA) is 43.3 Å². The molecule has 1 amide bonds. The van der Waals surface area contributed by atoms with Crippen LogP contribution in [0.25, 0.3) is 10.2 Å². The van der Waals surface area contributed by atoms with Crippen molar-refractivity contribution in [2.45, 2.75) is 39.3 Å². The molecule has 1 N–H and O–H groups in total. The second-order valence-corrected chi connectivity index (χ2v) is 8.34. The van der Waals surface area contributed by atoms with Crippen LogP contribution in [-0.4, -0.2) is 29.7 Å². The Morgan fingerprint density at radius 3 is 2.96 bits per heavy atom. The van der Waals surface area contributed by atoms with Crippen molar-refractivity contribution in [3.8, 4) is 0 Å². The van der Waals surface area contributed by atoms with E-state index in [1.807, 2.05) is 6.07 Å². The van der Waals surface area contributed by atoms with E-state index < -0.39 is 0 Å². The summed E-state index contributed by atoms with van der Waals surface area (Å²) in [6.07, 6.45) is 2.26. The minimum atomic E-state index is -0.0193. The molecule has 0 aliphatic carbocycles. The van der Waals surface area contributed by atoms with Crippen molar-refractivity contribution in [3.63, 3.8) is 0 Å². The number of aromatic nitrogens is 1. The first-order valence-corrected chi connectivity index (χ1v) is 9.97. The van der Waals surface area contributed by atoms with Gasteiger partial charge in [0.15, 0.2) is 0 Å². The number of hydrogen-bond donors (Lipinski definition) is 1. The number of fused-ring (bicyclic) bond motifs is 1. The lowest BCUT2D eigenvalue weighted by Gasteiger charge is -2.13. The molecule has 3 heterocycles. The molecule has 1 saturated heterocycles. The Labute approximate surface area is 157 Å². The number of carbonyl (C=O) groups is 1. The number of amides is 1. The maximum Gasteiger partial charge on any atom is 0.268 e. The first kappa shape index (κ1) is 17.3. The van der Waals surface area contributed by atoms with Crippen molar-refractivity contribution in [2.75, 3.05) is 13.2 Å². The summed E-state index contributed by atoms with van der Waals surface area (Å²) in [6, 6.07) is 12.7. The van der Waals surface area contributed by atoms with Crippen molar-refractivity contribution in [1.82, 2.24) is 9.88 Å². The molecule has 1 unspecified atom stereocenters. The van der Waals surface area contributed by atoms with E-state index in [0.717, 1.165) is 35.4 Å². The largest absolute Gasteiger partial charge is 0.376 e. The van der Waals surface area contributed by atoms with Crippen molar-refractivity contribution < 1.29 is 9.53 Å². The molecule has 0 spiro atoms. The molecule has 1 atom stereocenters. The average molecular weight is 369 g/mol. The van der Waals surface area contributed by atoms with Crippen molar-refractivity contribution in [1.29, 1.82) is 0 Å². The summed E-state index contributed by atoms with van der Waals surface area (Å²) in [6.45, 7) is 6.29. The van der Waals surface area contributed by atoms with Gasteiger partial charge in [-0.3, -0.25) is 4.79 Å². The number of nitrogens with zero attached hydrogens (tertiary/aromatic N) is 1. The fourth-order valence-corrected chi connectivity index (χ4v) is 4.58. The lowest BCUT2D eigenvalue weighted by atomic mass is 10.1. The maximum atomic E-state index is 12.8. The normalized spacial score (nSPS) is 17.1. The molecular formula is C21H24N2O2S. The predicted octanol–water partition coefficient (Wildman–Crippen LogP) is 4.28. The molecule has 4 rings (SSSR count). The SMILES string of the molecule is Cc1cccc(Cn2c(C(=O)NCC3CCCO3)cc3sc(C)cc32)c1.